The lowest BCUT2D eigenvalue weighted by Crippen LogP contribution is -2.21. The fourth-order valence-corrected chi connectivity index (χ4v) is 2.28. The van der Waals surface area contributed by atoms with Gasteiger partial charge in [-0.1, -0.05) is 11.6 Å². The standard InChI is InChI=1S/C14H12ClNO3S/c15-11-1-3-12(4-2-11)16-13(17)8-19-14(18)7-10-5-6-20-9-10/h1-6,9H,7-8H2,(H,16,17). The molecule has 1 N–H and O–H groups in total. The lowest BCUT2D eigenvalue weighted by molar-refractivity contribution is -0.146. The number of ether oxygens (including phenoxy) is 1. The lowest BCUT2D eigenvalue weighted by atomic mass is 10.2. The lowest BCUT2D eigenvalue weighted by Gasteiger charge is -2.06. The van der Waals surface area contributed by atoms with Gasteiger partial charge in [-0.3, -0.25) is 9.59 Å². The Morgan fingerprint density at radius 2 is 1.95 bits per heavy atom. The van der Waals surface area contributed by atoms with Crippen LogP contribution in [-0.2, 0) is 20.7 Å². The molecule has 0 atom stereocenters. The molecule has 20 heavy (non-hydrogen) atoms. The number of anilines is 1. The van der Waals surface area contributed by atoms with Crippen molar-refractivity contribution in [2.75, 3.05) is 11.9 Å². The number of hydrogen-bond acceptors (Lipinski definition) is 4. The summed E-state index contributed by atoms with van der Waals surface area (Å²) in [5.74, 6) is -0.805. The number of amides is 1. The summed E-state index contributed by atoms with van der Waals surface area (Å²) < 4.78 is 4.90. The van der Waals surface area contributed by atoms with Crippen LogP contribution in [0.1, 0.15) is 5.56 Å². The molecule has 1 amide bonds. The number of thiophene rings is 1. The number of nitrogens with one attached hydrogen (secondary N) is 1. The van der Waals surface area contributed by atoms with E-state index >= 15 is 0 Å². The molecule has 1 heterocycles. The van der Waals surface area contributed by atoms with Crippen molar-refractivity contribution in [1.29, 1.82) is 0 Å². The minimum atomic E-state index is -0.422. The molecule has 0 radical (unpaired) electrons. The van der Waals surface area contributed by atoms with E-state index in [0.29, 0.717) is 10.7 Å². The fourth-order valence-electron chi connectivity index (χ4n) is 1.49. The molecule has 0 spiro atoms. The number of halogens is 1. The molecule has 0 saturated carbocycles. The Kier molecular flexibility index (Phi) is 5.15. The van der Waals surface area contributed by atoms with E-state index in [-0.39, 0.29) is 18.9 Å². The van der Waals surface area contributed by atoms with Crippen LogP contribution >= 0.6 is 22.9 Å². The Morgan fingerprint density at radius 1 is 1.20 bits per heavy atom. The number of benzene rings is 1. The van der Waals surface area contributed by atoms with Crippen LogP contribution in [0.3, 0.4) is 0 Å². The largest absolute Gasteiger partial charge is 0.455 e. The van der Waals surface area contributed by atoms with Gasteiger partial charge in [0.05, 0.1) is 6.42 Å². The maximum atomic E-state index is 11.6. The Bertz CT molecular complexity index is 581. The van der Waals surface area contributed by atoms with Crippen molar-refractivity contribution in [3.63, 3.8) is 0 Å². The summed E-state index contributed by atoms with van der Waals surface area (Å²) in [5, 5.41) is 6.95. The van der Waals surface area contributed by atoms with Gasteiger partial charge in [0.15, 0.2) is 6.61 Å². The Hall–Kier alpha value is -1.85. The highest BCUT2D eigenvalue weighted by Crippen LogP contribution is 2.13. The molecule has 2 aromatic rings. The van der Waals surface area contributed by atoms with Crippen molar-refractivity contribution >= 4 is 40.5 Å². The Balaban J connectivity index is 1.74. The van der Waals surface area contributed by atoms with Crippen LogP contribution in [0.4, 0.5) is 5.69 Å². The van der Waals surface area contributed by atoms with Crippen LogP contribution in [0, 0.1) is 0 Å². The molecule has 0 saturated heterocycles. The van der Waals surface area contributed by atoms with Crippen LogP contribution in [0.2, 0.25) is 5.02 Å². The number of carbonyl (C=O) groups excluding carboxylic acids is 2. The summed E-state index contributed by atoms with van der Waals surface area (Å²) in [4.78, 5) is 23.1. The third kappa shape index (κ3) is 4.68. The first kappa shape index (κ1) is 14.6. The minimum Gasteiger partial charge on any atom is -0.455 e. The molecular weight excluding hydrogens is 298 g/mol. The highest BCUT2D eigenvalue weighted by atomic mass is 35.5. The van der Waals surface area contributed by atoms with Gasteiger partial charge < -0.3 is 10.1 Å². The van der Waals surface area contributed by atoms with Crippen LogP contribution in [0.15, 0.2) is 41.1 Å². The molecular formula is C14H12ClNO3S. The van der Waals surface area contributed by atoms with E-state index in [0.717, 1.165) is 5.56 Å². The summed E-state index contributed by atoms with van der Waals surface area (Å²) in [6.45, 7) is -0.300. The summed E-state index contributed by atoms with van der Waals surface area (Å²) >= 11 is 7.25. The second-order valence-electron chi connectivity index (χ2n) is 4.02. The van der Waals surface area contributed by atoms with E-state index in [1.54, 1.807) is 24.3 Å². The quantitative estimate of drug-likeness (QED) is 0.863. The number of carbonyl (C=O) groups is 2. The van der Waals surface area contributed by atoms with Gasteiger partial charge in [0.1, 0.15) is 0 Å². The monoisotopic (exact) mass is 309 g/mol. The van der Waals surface area contributed by atoms with Crippen LogP contribution in [0.25, 0.3) is 0 Å². The normalized spacial score (nSPS) is 10.1. The van der Waals surface area contributed by atoms with E-state index < -0.39 is 5.97 Å². The average molecular weight is 310 g/mol. The van der Waals surface area contributed by atoms with E-state index in [4.69, 9.17) is 16.3 Å². The van der Waals surface area contributed by atoms with Gasteiger partial charge in [-0.15, -0.1) is 0 Å². The molecule has 2 rings (SSSR count). The predicted octanol–water partition coefficient (Wildman–Crippen LogP) is 3.13. The third-order valence-electron chi connectivity index (χ3n) is 2.42. The van der Waals surface area contributed by atoms with Crippen LogP contribution in [0.5, 0.6) is 0 Å². The maximum absolute atomic E-state index is 11.6. The molecule has 0 aliphatic carbocycles. The summed E-state index contributed by atoms with van der Waals surface area (Å²) in [6, 6.07) is 8.53. The van der Waals surface area contributed by atoms with Gasteiger partial charge in [0, 0.05) is 10.7 Å². The molecule has 1 aromatic carbocycles. The van der Waals surface area contributed by atoms with Gasteiger partial charge in [0.25, 0.3) is 5.91 Å². The maximum Gasteiger partial charge on any atom is 0.310 e. The number of hydrogen-bond donors (Lipinski definition) is 1. The van der Waals surface area contributed by atoms with E-state index in [1.807, 2.05) is 16.8 Å². The van der Waals surface area contributed by atoms with Crippen molar-refractivity contribution in [1.82, 2.24) is 0 Å². The highest BCUT2D eigenvalue weighted by Gasteiger charge is 2.09. The van der Waals surface area contributed by atoms with Crippen LogP contribution < -0.4 is 5.32 Å². The van der Waals surface area contributed by atoms with Gasteiger partial charge in [-0.25, -0.2) is 0 Å². The summed E-state index contributed by atoms with van der Waals surface area (Å²) in [7, 11) is 0. The molecule has 0 unspecified atom stereocenters. The third-order valence-corrected chi connectivity index (χ3v) is 3.40. The molecule has 0 aliphatic rings. The molecule has 4 nitrogen and oxygen atoms in total. The molecule has 6 heteroatoms. The molecule has 0 fully saturated rings. The van der Waals surface area contributed by atoms with Gasteiger partial charge in [-0.05, 0) is 46.7 Å². The highest BCUT2D eigenvalue weighted by molar-refractivity contribution is 7.07. The van der Waals surface area contributed by atoms with Crippen LogP contribution in [-0.4, -0.2) is 18.5 Å². The summed E-state index contributed by atoms with van der Waals surface area (Å²) in [5.41, 5.74) is 1.49. The average Bonchev–Trinajstić information content (AvgIpc) is 2.92. The first-order valence-electron chi connectivity index (χ1n) is 5.85. The SMILES string of the molecule is O=C(COC(=O)Cc1ccsc1)Nc1ccc(Cl)cc1. The van der Waals surface area contributed by atoms with E-state index in [9.17, 15) is 9.59 Å². The number of esters is 1. The zero-order valence-corrected chi connectivity index (χ0v) is 12.0. The minimum absolute atomic E-state index is 0.178. The molecule has 1 aromatic heterocycles. The number of rotatable bonds is 5. The first-order chi connectivity index (χ1) is 9.63. The molecule has 104 valence electrons. The smallest absolute Gasteiger partial charge is 0.310 e. The summed E-state index contributed by atoms with van der Waals surface area (Å²) in [6.07, 6.45) is 0.178. The van der Waals surface area contributed by atoms with Crippen molar-refractivity contribution in [2.45, 2.75) is 6.42 Å². The van der Waals surface area contributed by atoms with E-state index in [2.05, 4.69) is 5.32 Å². The van der Waals surface area contributed by atoms with Gasteiger partial charge >= 0.3 is 5.97 Å². The second kappa shape index (κ2) is 7.07. The zero-order chi connectivity index (χ0) is 14.4. The fraction of sp³-hybridized carbons (Fsp3) is 0.143. The van der Waals surface area contributed by atoms with Crippen molar-refractivity contribution in [3.8, 4) is 0 Å². The van der Waals surface area contributed by atoms with Crippen molar-refractivity contribution in [2.24, 2.45) is 0 Å². The topological polar surface area (TPSA) is 55.4 Å². The first-order valence-corrected chi connectivity index (χ1v) is 7.17. The molecule has 0 bridgehead atoms. The van der Waals surface area contributed by atoms with Crippen molar-refractivity contribution in [3.05, 3.63) is 51.7 Å². The van der Waals surface area contributed by atoms with Gasteiger partial charge in [0.2, 0.25) is 0 Å². The molecule has 0 aliphatic heterocycles. The zero-order valence-electron chi connectivity index (χ0n) is 10.5. The van der Waals surface area contributed by atoms with Crippen molar-refractivity contribution < 1.29 is 14.3 Å². The Labute approximate surface area is 125 Å². The van der Waals surface area contributed by atoms with E-state index in [1.165, 1.54) is 11.3 Å². The second-order valence-corrected chi connectivity index (χ2v) is 5.24. The predicted molar refractivity (Wildman–Crippen MR) is 79.1 cm³/mol. The van der Waals surface area contributed by atoms with Gasteiger partial charge in [-0.2, -0.15) is 11.3 Å². The Morgan fingerprint density at radius 3 is 2.60 bits per heavy atom.